The van der Waals surface area contributed by atoms with Gasteiger partial charge in [0.15, 0.2) is 5.78 Å². The van der Waals surface area contributed by atoms with Gasteiger partial charge in [0, 0.05) is 11.6 Å². The van der Waals surface area contributed by atoms with Gasteiger partial charge in [0.25, 0.3) is 23.4 Å². The molecule has 3 fully saturated rings. The maximum absolute atomic E-state index is 13.5. The summed E-state index contributed by atoms with van der Waals surface area (Å²) in [5.74, 6) is -3.21. The lowest BCUT2D eigenvalue weighted by atomic mass is 9.81. The van der Waals surface area contributed by atoms with Crippen molar-refractivity contribution in [2.24, 2.45) is 23.7 Å². The molecule has 0 unspecified atom stereocenters. The third-order valence-corrected chi connectivity index (χ3v) is 7.10. The van der Waals surface area contributed by atoms with Crippen molar-refractivity contribution in [3.63, 3.8) is 0 Å². The van der Waals surface area contributed by atoms with E-state index < -0.39 is 52.5 Å². The Bertz CT molecular complexity index is 1150. The molecule has 1 heterocycles. The second-order valence-corrected chi connectivity index (χ2v) is 8.80. The molecule has 5 rings (SSSR count). The third-order valence-electron chi connectivity index (χ3n) is 7.10. The van der Waals surface area contributed by atoms with E-state index >= 15 is 0 Å². The number of Topliss-reactive ketones (excluding diaryl/α,β-unsaturated/α-hetero) is 1. The zero-order valence-electron chi connectivity index (χ0n) is 17.6. The highest BCUT2D eigenvalue weighted by molar-refractivity contribution is 6.10. The summed E-state index contributed by atoms with van der Waals surface area (Å²) < 4.78 is 0. The number of ketones is 1. The van der Waals surface area contributed by atoms with Crippen LogP contribution in [0, 0.1) is 33.8 Å². The summed E-state index contributed by atoms with van der Waals surface area (Å²) in [6.45, 7) is -0.582. The zero-order chi connectivity index (χ0) is 23.3. The number of carbonyl (C=O) groups excluding carboxylic acids is 4. The molecule has 2 aromatic carbocycles. The molecule has 9 nitrogen and oxygen atoms in total. The van der Waals surface area contributed by atoms with Gasteiger partial charge >= 0.3 is 0 Å². The molecule has 168 valence electrons. The van der Waals surface area contributed by atoms with E-state index in [2.05, 4.69) is 0 Å². The van der Waals surface area contributed by atoms with Crippen LogP contribution in [-0.4, -0.2) is 45.0 Å². The fraction of sp³-hybridized carbons (Fsp3) is 0.333. The van der Waals surface area contributed by atoms with Gasteiger partial charge in [-0.05, 0) is 37.2 Å². The molecule has 33 heavy (non-hydrogen) atoms. The van der Waals surface area contributed by atoms with Gasteiger partial charge in [-0.1, -0.05) is 42.5 Å². The number of fused-ring (bicyclic) bond motifs is 5. The summed E-state index contributed by atoms with van der Waals surface area (Å²) in [4.78, 5) is 64.1. The molecule has 2 aliphatic carbocycles. The van der Waals surface area contributed by atoms with Crippen molar-refractivity contribution in [1.82, 2.24) is 10.0 Å². The lowest BCUT2D eigenvalue weighted by molar-refractivity contribution is -0.385. The van der Waals surface area contributed by atoms with Crippen LogP contribution in [0.3, 0.4) is 0 Å². The van der Waals surface area contributed by atoms with Crippen molar-refractivity contribution in [2.45, 2.75) is 19.3 Å². The number of carbonyl (C=O) groups is 4. The van der Waals surface area contributed by atoms with Crippen molar-refractivity contribution in [1.29, 1.82) is 0 Å². The first-order chi connectivity index (χ1) is 15.9. The van der Waals surface area contributed by atoms with Crippen molar-refractivity contribution in [3.05, 3.63) is 75.8 Å². The predicted octanol–water partition coefficient (Wildman–Crippen LogP) is 2.87. The van der Waals surface area contributed by atoms with E-state index in [0.29, 0.717) is 5.56 Å². The summed E-state index contributed by atoms with van der Waals surface area (Å²) in [7, 11) is 0. The number of nitro benzene ring substituents is 1. The highest BCUT2D eigenvalue weighted by Gasteiger charge is 2.62. The Morgan fingerprint density at radius 2 is 1.52 bits per heavy atom. The number of rotatable bonds is 6. The maximum atomic E-state index is 13.5. The summed E-state index contributed by atoms with van der Waals surface area (Å²) in [6, 6.07) is 13.5. The Labute approximate surface area is 189 Å². The molecule has 0 aromatic heterocycles. The van der Waals surface area contributed by atoms with Crippen LogP contribution < -0.4 is 0 Å². The van der Waals surface area contributed by atoms with E-state index in [0.717, 1.165) is 29.3 Å². The van der Waals surface area contributed by atoms with E-state index in [1.807, 2.05) is 0 Å². The van der Waals surface area contributed by atoms with E-state index in [-0.39, 0.29) is 17.4 Å². The quantitative estimate of drug-likeness (QED) is 0.291. The van der Waals surface area contributed by atoms with Crippen molar-refractivity contribution in [3.8, 4) is 0 Å². The van der Waals surface area contributed by atoms with Crippen LogP contribution in [0.4, 0.5) is 5.69 Å². The summed E-state index contributed by atoms with van der Waals surface area (Å²) in [5.41, 5.74) is -0.444. The van der Waals surface area contributed by atoms with Crippen LogP contribution in [-0.2, 0) is 9.59 Å². The normalized spacial score (nSPS) is 25.3. The number of hydrazine groups is 1. The van der Waals surface area contributed by atoms with Gasteiger partial charge in [0.05, 0.1) is 16.8 Å². The van der Waals surface area contributed by atoms with E-state index in [4.69, 9.17) is 0 Å². The second kappa shape index (κ2) is 7.91. The smallest absolute Gasteiger partial charge is 0.282 e. The van der Waals surface area contributed by atoms with Gasteiger partial charge in [-0.3, -0.25) is 29.3 Å². The average molecular weight is 447 g/mol. The highest BCUT2D eigenvalue weighted by Crippen LogP contribution is 2.56. The van der Waals surface area contributed by atoms with Crippen LogP contribution in [0.25, 0.3) is 0 Å². The molecule has 0 N–H and O–H groups in total. The van der Waals surface area contributed by atoms with Crippen LogP contribution in [0.15, 0.2) is 54.6 Å². The molecule has 1 saturated heterocycles. The van der Waals surface area contributed by atoms with Crippen LogP contribution in [0.1, 0.15) is 40.0 Å². The fourth-order valence-corrected chi connectivity index (χ4v) is 5.67. The van der Waals surface area contributed by atoms with E-state index in [9.17, 15) is 29.3 Å². The summed E-state index contributed by atoms with van der Waals surface area (Å²) in [5, 5.41) is 13.1. The molecule has 2 aromatic rings. The number of amides is 3. The van der Waals surface area contributed by atoms with Gasteiger partial charge < -0.3 is 0 Å². The Kier molecular flexibility index (Phi) is 5.03. The van der Waals surface area contributed by atoms with E-state index in [1.54, 1.807) is 30.3 Å². The molecule has 4 atom stereocenters. The van der Waals surface area contributed by atoms with Crippen LogP contribution in [0.5, 0.6) is 0 Å². The number of hydrogen-bond donors (Lipinski definition) is 0. The SMILES string of the molecule is O=C(CN(C(=O)c1ccccc1[N+](=O)[O-])N1C(=O)[C@@H]2[C@H]3CC[C@@H](C3)[C@@H]2C1=O)c1ccccc1. The molecular weight excluding hydrogens is 426 g/mol. The second-order valence-electron chi connectivity index (χ2n) is 8.80. The number of imide groups is 1. The molecule has 1 aliphatic heterocycles. The molecule has 0 radical (unpaired) electrons. The van der Waals surface area contributed by atoms with Gasteiger partial charge in [-0.2, -0.15) is 5.01 Å². The topological polar surface area (TPSA) is 118 Å². The number of benzene rings is 2. The Balaban J connectivity index is 1.54. The Morgan fingerprint density at radius 3 is 2.12 bits per heavy atom. The largest absolute Gasteiger partial charge is 0.292 e. The Hall–Kier alpha value is -3.88. The highest BCUT2D eigenvalue weighted by atomic mass is 16.6. The number of nitro groups is 1. The molecule has 3 amide bonds. The Morgan fingerprint density at radius 1 is 0.939 bits per heavy atom. The van der Waals surface area contributed by atoms with Crippen molar-refractivity contribution in [2.75, 3.05) is 6.54 Å². The first-order valence-corrected chi connectivity index (χ1v) is 10.9. The maximum Gasteiger partial charge on any atom is 0.282 e. The fourth-order valence-electron chi connectivity index (χ4n) is 5.67. The summed E-state index contributed by atoms with van der Waals surface area (Å²) >= 11 is 0. The standard InChI is InChI=1S/C24H21N3O6/c28-19(14-6-2-1-3-7-14)13-25(22(29)17-8-4-5-9-18(17)27(32)33)26-23(30)20-15-10-11-16(12-15)21(20)24(26)31/h1-9,15-16,20-21H,10-13H2/t15-,16-,20-,21+/m0/s1. The lowest BCUT2D eigenvalue weighted by Crippen LogP contribution is -2.52. The molecule has 9 heteroatoms. The minimum absolute atomic E-state index is 0.0919. The minimum atomic E-state index is -0.930. The van der Waals surface area contributed by atoms with Gasteiger partial charge in [0.1, 0.15) is 12.1 Å². The minimum Gasteiger partial charge on any atom is -0.292 e. The van der Waals surface area contributed by atoms with Gasteiger partial charge in [-0.15, -0.1) is 0 Å². The number of nitrogens with zero attached hydrogens (tertiary/aromatic N) is 3. The van der Waals surface area contributed by atoms with Gasteiger partial charge in [-0.25, -0.2) is 5.01 Å². The molecular formula is C24H21N3O6. The predicted molar refractivity (Wildman–Crippen MR) is 115 cm³/mol. The monoisotopic (exact) mass is 447 g/mol. The molecule has 3 aliphatic rings. The van der Waals surface area contributed by atoms with E-state index in [1.165, 1.54) is 24.3 Å². The van der Waals surface area contributed by atoms with Gasteiger partial charge in [0.2, 0.25) is 0 Å². The molecule has 2 saturated carbocycles. The number of hydrogen-bond acceptors (Lipinski definition) is 6. The first kappa shape index (κ1) is 21.0. The third kappa shape index (κ3) is 3.31. The van der Waals surface area contributed by atoms with Crippen LogP contribution >= 0.6 is 0 Å². The molecule has 2 bridgehead atoms. The van der Waals surface area contributed by atoms with Crippen molar-refractivity contribution >= 4 is 29.2 Å². The first-order valence-electron chi connectivity index (χ1n) is 10.9. The molecule has 0 spiro atoms. The number of para-hydroxylation sites is 1. The average Bonchev–Trinajstić information content (AvgIpc) is 3.51. The zero-order valence-corrected chi connectivity index (χ0v) is 17.6. The summed E-state index contributed by atoms with van der Waals surface area (Å²) in [6.07, 6.45) is 2.54. The van der Waals surface area contributed by atoms with Crippen molar-refractivity contribution < 1.29 is 24.1 Å². The lowest BCUT2D eigenvalue weighted by Gasteiger charge is -2.30. The van der Waals surface area contributed by atoms with Crippen LogP contribution in [0.2, 0.25) is 0 Å².